The highest BCUT2D eigenvalue weighted by molar-refractivity contribution is 5.76. The standard InChI is InChI=1S/C15H18F3N5O/c16-15(17,18)10-4-5-12-21-22-13(23(12)8-10)7-20-14(24)6-9-2-1-3-11(9)19/h4-5,8-9,11H,1-3,6-7,19H2,(H,20,24)/t9-,11+/m0/s1. The van der Waals surface area contributed by atoms with E-state index in [1.165, 1.54) is 10.5 Å². The quantitative estimate of drug-likeness (QED) is 0.889. The molecule has 1 aliphatic rings. The van der Waals surface area contributed by atoms with Crippen LogP contribution < -0.4 is 11.1 Å². The van der Waals surface area contributed by atoms with Gasteiger partial charge in [-0.05, 0) is 30.9 Å². The third kappa shape index (κ3) is 3.50. The molecule has 0 radical (unpaired) electrons. The van der Waals surface area contributed by atoms with Crippen LogP contribution in [0.3, 0.4) is 0 Å². The molecule has 2 aromatic rings. The number of carbonyl (C=O) groups is 1. The van der Waals surface area contributed by atoms with E-state index in [2.05, 4.69) is 15.5 Å². The van der Waals surface area contributed by atoms with E-state index >= 15 is 0 Å². The molecule has 1 saturated carbocycles. The van der Waals surface area contributed by atoms with Gasteiger partial charge in [0.2, 0.25) is 5.91 Å². The molecule has 0 bridgehead atoms. The van der Waals surface area contributed by atoms with Crippen molar-refractivity contribution in [1.82, 2.24) is 19.9 Å². The van der Waals surface area contributed by atoms with E-state index in [1.54, 1.807) is 0 Å². The van der Waals surface area contributed by atoms with Crippen LogP contribution in [0.5, 0.6) is 0 Å². The van der Waals surface area contributed by atoms with E-state index in [0.717, 1.165) is 31.5 Å². The molecule has 0 unspecified atom stereocenters. The maximum Gasteiger partial charge on any atom is 0.417 e. The number of nitrogens with two attached hydrogens (primary N) is 1. The van der Waals surface area contributed by atoms with Crippen LogP contribution in [0.4, 0.5) is 13.2 Å². The average Bonchev–Trinajstić information content (AvgIpc) is 3.10. The second kappa shape index (κ2) is 6.39. The Morgan fingerprint density at radius 3 is 2.79 bits per heavy atom. The second-order valence-electron chi connectivity index (χ2n) is 6.10. The molecule has 1 aliphatic carbocycles. The van der Waals surface area contributed by atoms with Crippen LogP contribution >= 0.6 is 0 Å². The van der Waals surface area contributed by atoms with E-state index in [0.29, 0.717) is 12.1 Å². The SMILES string of the molecule is N[C@@H]1CCC[C@H]1CC(=O)NCc1nnc2ccc(C(F)(F)F)cn12. The van der Waals surface area contributed by atoms with Crippen molar-refractivity contribution in [1.29, 1.82) is 0 Å². The van der Waals surface area contributed by atoms with E-state index in [1.807, 2.05) is 0 Å². The third-order valence-electron chi connectivity index (χ3n) is 4.41. The zero-order valence-corrected chi connectivity index (χ0v) is 12.9. The smallest absolute Gasteiger partial charge is 0.349 e. The normalized spacial score (nSPS) is 21.3. The predicted molar refractivity (Wildman–Crippen MR) is 79.8 cm³/mol. The van der Waals surface area contributed by atoms with Crippen molar-refractivity contribution in [2.24, 2.45) is 11.7 Å². The van der Waals surface area contributed by atoms with E-state index < -0.39 is 11.7 Å². The Kier molecular flexibility index (Phi) is 4.44. The number of alkyl halides is 3. The minimum atomic E-state index is -4.45. The highest BCUT2D eigenvalue weighted by Gasteiger charge is 2.31. The van der Waals surface area contributed by atoms with Crippen LogP contribution in [-0.2, 0) is 17.5 Å². The number of fused-ring (bicyclic) bond motifs is 1. The van der Waals surface area contributed by atoms with Gasteiger partial charge in [-0.15, -0.1) is 10.2 Å². The minimum Gasteiger partial charge on any atom is -0.349 e. The summed E-state index contributed by atoms with van der Waals surface area (Å²) in [6, 6.07) is 2.24. The van der Waals surface area contributed by atoms with Gasteiger partial charge in [0, 0.05) is 18.7 Å². The lowest BCUT2D eigenvalue weighted by Crippen LogP contribution is -2.31. The maximum absolute atomic E-state index is 12.8. The van der Waals surface area contributed by atoms with Gasteiger partial charge in [-0.25, -0.2) is 0 Å². The van der Waals surface area contributed by atoms with Crippen LogP contribution in [0.25, 0.3) is 5.65 Å². The highest BCUT2D eigenvalue weighted by atomic mass is 19.4. The van der Waals surface area contributed by atoms with Gasteiger partial charge in [0.1, 0.15) is 0 Å². The van der Waals surface area contributed by atoms with Crippen molar-refractivity contribution in [3.63, 3.8) is 0 Å². The zero-order valence-electron chi connectivity index (χ0n) is 12.9. The molecular weight excluding hydrogens is 323 g/mol. The Bertz CT molecular complexity index is 742. The molecule has 6 nitrogen and oxygen atoms in total. The van der Waals surface area contributed by atoms with E-state index in [4.69, 9.17) is 5.73 Å². The first-order valence-corrected chi connectivity index (χ1v) is 7.78. The number of hydrogen-bond donors (Lipinski definition) is 2. The lowest BCUT2D eigenvalue weighted by Gasteiger charge is -2.14. The Labute approximate surface area is 136 Å². The summed E-state index contributed by atoms with van der Waals surface area (Å²) in [7, 11) is 0. The summed E-state index contributed by atoms with van der Waals surface area (Å²) < 4.78 is 39.6. The molecule has 0 spiro atoms. The molecule has 0 saturated heterocycles. The molecule has 3 N–H and O–H groups in total. The second-order valence-corrected chi connectivity index (χ2v) is 6.10. The highest BCUT2D eigenvalue weighted by Crippen LogP contribution is 2.29. The van der Waals surface area contributed by atoms with Gasteiger partial charge >= 0.3 is 6.18 Å². The van der Waals surface area contributed by atoms with Gasteiger partial charge in [-0.2, -0.15) is 13.2 Å². The first-order valence-electron chi connectivity index (χ1n) is 7.78. The zero-order chi connectivity index (χ0) is 17.3. The van der Waals surface area contributed by atoms with Crippen LogP contribution in [0.15, 0.2) is 18.3 Å². The maximum atomic E-state index is 12.8. The van der Waals surface area contributed by atoms with Crippen molar-refractivity contribution in [2.75, 3.05) is 0 Å². The first kappa shape index (κ1) is 16.7. The Morgan fingerprint density at radius 1 is 1.33 bits per heavy atom. The summed E-state index contributed by atoms with van der Waals surface area (Å²) in [6.45, 7) is 0.0171. The van der Waals surface area contributed by atoms with Gasteiger partial charge in [-0.3, -0.25) is 9.20 Å². The van der Waals surface area contributed by atoms with E-state index in [9.17, 15) is 18.0 Å². The Morgan fingerprint density at radius 2 is 2.12 bits per heavy atom. The largest absolute Gasteiger partial charge is 0.417 e. The van der Waals surface area contributed by atoms with E-state index in [-0.39, 0.29) is 30.2 Å². The van der Waals surface area contributed by atoms with Gasteiger partial charge in [0.15, 0.2) is 11.5 Å². The number of aromatic nitrogens is 3. The van der Waals surface area contributed by atoms with Crippen LogP contribution in [0, 0.1) is 5.92 Å². The lowest BCUT2D eigenvalue weighted by atomic mass is 10.00. The fraction of sp³-hybridized carbons (Fsp3) is 0.533. The molecular formula is C15H18F3N5O. The van der Waals surface area contributed by atoms with Crippen LogP contribution in [-0.4, -0.2) is 26.5 Å². The first-order chi connectivity index (χ1) is 11.3. The average molecular weight is 341 g/mol. The third-order valence-corrected chi connectivity index (χ3v) is 4.41. The Hall–Kier alpha value is -2.16. The number of nitrogens with one attached hydrogen (secondary N) is 1. The van der Waals surface area contributed by atoms with Crippen molar-refractivity contribution in [2.45, 2.75) is 44.4 Å². The van der Waals surface area contributed by atoms with Crippen LogP contribution in [0.1, 0.15) is 37.1 Å². The number of pyridine rings is 1. The van der Waals surface area contributed by atoms with Gasteiger partial charge in [0.25, 0.3) is 0 Å². The summed E-state index contributed by atoms with van der Waals surface area (Å²) >= 11 is 0. The monoisotopic (exact) mass is 341 g/mol. The molecule has 130 valence electrons. The van der Waals surface area contributed by atoms with Crippen LogP contribution in [0.2, 0.25) is 0 Å². The fourth-order valence-electron chi connectivity index (χ4n) is 3.03. The molecule has 0 aliphatic heterocycles. The summed E-state index contributed by atoms with van der Waals surface area (Å²) in [5, 5.41) is 10.3. The number of carbonyl (C=O) groups excluding carboxylic acids is 1. The van der Waals surface area contributed by atoms with Crippen molar-refractivity contribution < 1.29 is 18.0 Å². The molecule has 2 aromatic heterocycles. The number of halogens is 3. The van der Waals surface area contributed by atoms with Crippen molar-refractivity contribution >= 4 is 11.6 Å². The topological polar surface area (TPSA) is 85.3 Å². The summed E-state index contributed by atoms with van der Waals surface area (Å²) in [4.78, 5) is 12.0. The number of nitrogens with zero attached hydrogens (tertiary/aromatic N) is 3. The number of rotatable bonds is 4. The van der Waals surface area contributed by atoms with Gasteiger partial charge in [-0.1, -0.05) is 6.42 Å². The molecule has 1 amide bonds. The van der Waals surface area contributed by atoms with Crippen molar-refractivity contribution in [3.8, 4) is 0 Å². The lowest BCUT2D eigenvalue weighted by molar-refractivity contribution is -0.137. The van der Waals surface area contributed by atoms with Gasteiger partial charge < -0.3 is 11.1 Å². The molecule has 24 heavy (non-hydrogen) atoms. The Balaban J connectivity index is 1.67. The summed E-state index contributed by atoms with van der Waals surface area (Å²) in [5.74, 6) is 0.234. The molecule has 0 aromatic carbocycles. The van der Waals surface area contributed by atoms with Crippen molar-refractivity contribution in [3.05, 3.63) is 29.7 Å². The summed E-state index contributed by atoms with van der Waals surface area (Å²) in [5.41, 5.74) is 5.44. The molecule has 2 atom stereocenters. The number of amides is 1. The number of hydrogen-bond acceptors (Lipinski definition) is 4. The molecule has 1 fully saturated rings. The van der Waals surface area contributed by atoms with Gasteiger partial charge in [0.05, 0.1) is 12.1 Å². The summed E-state index contributed by atoms with van der Waals surface area (Å²) in [6.07, 6.45) is -0.314. The predicted octanol–water partition coefficient (Wildman–Crippen LogP) is 1.88. The molecule has 3 rings (SSSR count). The molecule has 9 heteroatoms. The minimum absolute atomic E-state index is 0.0171. The fourth-order valence-corrected chi connectivity index (χ4v) is 3.03. The molecule has 2 heterocycles.